The number of nitrogens with zero attached hydrogens (tertiary/aromatic N) is 1. The Balaban J connectivity index is 3.27. The minimum Gasteiger partial charge on any atom is -0.480 e. The van der Waals surface area contributed by atoms with Gasteiger partial charge in [0.15, 0.2) is 5.92 Å². The molecule has 0 heterocycles. The molecule has 0 bridgehead atoms. The molecule has 1 aromatic rings. The fourth-order valence-corrected chi connectivity index (χ4v) is 1.24. The van der Waals surface area contributed by atoms with Crippen molar-refractivity contribution >= 4 is 17.6 Å². The van der Waals surface area contributed by atoms with Crippen LogP contribution in [0.15, 0.2) is 18.2 Å². The smallest absolute Gasteiger partial charge is 0.322 e. The van der Waals surface area contributed by atoms with Crippen molar-refractivity contribution in [2.75, 3.05) is 0 Å². The molecule has 8 heteroatoms. The number of nitro benzene ring substituents is 1. The van der Waals surface area contributed by atoms with Crippen LogP contribution in [0.1, 0.15) is 11.5 Å². The maximum Gasteiger partial charge on any atom is 0.322 e. The first kappa shape index (κ1) is 12.6. The van der Waals surface area contributed by atoms with Gasteiger partial charge in [-0.2, -0.15) is 0 Å². The number of non-ortho nitro benzene ring substituents is 1. The molecule has 1 aromatic carbocycles. The molecule has 90 valence electrons. The van der Waals surface area contributed by atoms with E-state index in [1.165, 1.54) is 0 Å². The van der Waals surface area contributed by atoms with Crippen LogP contribution in [0.4, 0.5) is 10.1 Å². The summed E-state index contributed by atoms with van der Waals surface area (Å²) in [7, 11) is 0. The summed E-state index contributed by atoms with van der Waals surface area (Å²) < 4.78 is 13.4. The van der Waals surface area contributed by atoms with Gasteiger partial charge in [-0.25, -0.2) is 4.39 Å². The highest BCUT2D eigenvalue weighted by Gasteiger charge is 2.31. The number of aliphatic carboxylic acids is 2. The molecule has 0 saturated carbocycles. The predicted molar refractivity (Wildman–Crippen MR) is 51.1 cm³/mol. The lowest BCUT2D eigenvalue weighted by Crippen LogP contribution is -2.22. The average Bonchev–Trinajstić information content (AvgIpc) is 2.19. The van der Waals surface area contributed by atoms with Crippen molar-refractivity contribution < 1.29 is 29.1 Å². The van der Waals surface area contributed by atoms with E-state index < -0.39 is 39.8 Å². The maximum atomic E-state index is 13.4. The van der Waals surface area contributed by atoms with Crippen LogP contribution < -0.4 is 0 Å². The Bertz CT molecular complexity index is 486. The fourth-order valence-electron chi connectivity index (χ4n) is 1.24. The van der Waals surface area contributed by atoms with E-state index in [-0.39, 0.29) is 0 Å². The second-order valence-corrected chi connectivity index (χ2v) is 3.07. The van der Waals surface area contributed by atoms with Gasteiger partial charge in [0.1, 0.15) is 5.82 Å². The van der Waals surface area contributed by atoms with E-state index >= 15 is 0 Å². The minimum absolute atomic E-state index is 0.480. The van der Waals surface area contributed by atoms with Crippen molar-refractivity contribution in [1.82, 2.24) is 0 Å². The molecular formula is C9H6FNO6. The maximum absolute atomic E-state index is 13.4. The topological polar surface area (TPSA) is 118 Å². The first-order valence-electron chi connectivity index (χ1n) is 4.24. The standard InChI is InChI=1S/C9H6FNO6/c10-6-3-4(11(16)17)1-2-5(6)7(8(12)13)9(14)15/h1-3,7H,(H,12,13)(H,14,15). The summed E-state index contributed by atoms with van der Waals surface area (Å²) in [6, 6.07) is 2.10. The third kappa shape index (κ3) is 2.54. The van der Waals surface area contributed by atoms with E-state index in [4.69, 9.17) is 10.2 Å². The Morgan fingerprint density at radius 1 is 1.29 bits per heavy atom. The van der Waals surface area contributed by atoms with Gasteiger partial charge < -0.3 is 10.2 Å². The number of benzene rings is 1. The Kier molecular flexibility index (Phi) is 3.37. The zero-order valence-corrected chi connectivity index (χ0v) is 8.16. The van der Waals surface area contributed by atoms with Gasteiger partial charge in [0, 0.05) is 11.6 Å². The SMILES string of the molecule is O=C(O)C(C(=O)O)c1ccc([N+](=O)[O-])cc1F. The van der Waals surface area contributed by atoms with Gasteiger partial charge in [0.05, 0.1) is 11.0 Å². The number of rotatable bonds is 4. The van der Waals surface area contributed by atoms with Crippen LogP contribution in [0.5, 0.6) is 0 Å². The lowest BCUT2D eigenvalue weighted by molar-refractivity contribution is -0.385. The first-order valence-corrected chi connectivity index (χ1v) is 4.24. The second-order valence-electron chi connectivity index (χ2n) is 3.07. The van der Waals surface area contributed by atoms with Crippen molar-refractivity contribution in [2.24, 2.45) is 0 Å². The molecule has 0 fully saturated rings. The van der Waals surface area contributed by atoms with Gasteiger partial charge >= 0.3 is 11.9 Å². The van der Waals surface area contributed by atoms with Crippen molar-refractivity contribution in [3.05, 3.63) is 39.7 Å². The summed E-state index contributed by atoms with van der Waals surface area (Å²) in [5.41, 5.74) is -1.21. The lowest BCUT2D eigenvalue weighted by Gasteiger charge is -2.08. The van der Waals surface area contributed by atoms with Crippen LogP contribution in [0.3, 0.4) is 0 Å². The third-order valence-corrected chi connectivity index (χ3v) is 2.00. The van der Waals surface area contributed by atoms with E-state index in [1.54, 1.807) is 0 Å². The van der Waals surface area contributed by atoms with Crippen molar-refractivity contribution in [2.45, 2.75) is 5.92 Å². The monoisotopic (exact) mass is 243 g/mol. The molecule has 0 aliphatic carbocycles. The zero-order valence-electron chi connectivity index (χ0n) is 8.16. The molecule has 0 spiro atoms. The molecule has 7 nitrogen and oxygen atoms in total. The van der Waals surface area contributed by atoms with E-state index in [0.29, 0.717) is 6.07 Å². The Hall–Kier alpha value is -2.51. The third-order valence-electron chi connectivity index (χ3n) is 2.00. The minimum atomic E-state index is -2.09. The summed E-state index contributed by atoms with van der Waals surface area (Å²) in [6.07, 6.45) is 0. The van der Waals surface area contributed by atoms with Crippen LogP contribution in [0.25, 0.3) is 0 Å². The number of hydrogen-bond acceptors (Lipinski definition) is 4. The van der Waals surface area contributed by atoms with Gasteiger partial charge in [-0.1, -0.05) is 0 Å². The highest BCUT2D eigenvalue weighted by Crippen LogP contribution is 2.24. The Labute approximate surface area is 93.3 Å². The number of carbonyl (C=O) groups is 2. The van der Waals surface area contributed by atoms with Crippen LogP contribution >= 0.6 is 0 Å². The molecular weight excluding hydrogens is 237 g/mol. The molecule has 0 radical (unpaired) electrons. The van der Waals surface area contributed by atoms with Gasteiger partial charge in [-0.05, 0) is 6.07 Å². The molecule has 0 amide bonds. The highest BCUT2D eigenvalue weighted by molar-refractivity contribution is 5.99. The summed E-state index contributed by atoms with van der Waals surface area (Å²) in [5, 5.41) is 27.5. The number of nitro groups is 1. The molecule has 1 rings (SSSR count). The highest BCUT2D eigenvalue weighted by atomic mass is 19.1. The van der Waals surface area contributed by atoms with E-state index in [1.807, 2.05) is 0 Å². The van der Waals surface area contributed by atoms with Gasteiger partial charge in [-0.15, -0.1) is 0 Å². The molecule has 0 atom stereocenters. The zero-order chi connectivity index (χ0) is 13.2. The summed E-state index contributed by atoms with van der Waals surface area (Å²) in [6.45, 7) is 0. The van der Waals surface area contributed by atoms with E-state index in [0.717, 1.165) is 12.1 Å². The van der Waals surface area contributed by atoms with Gasteiger partial charge in [0.25, 0.3) is 5.69 Å². The number of halogens is 1. The number of carboxylic acids is 2. The van der Waals surface area contributed by atoms with Crippen molar-refractivity contribution in [1.29, 1.82) is 0 Å². The van der Waals surface area contributed by atoms with Gasteiger partial charge in [-0.3, -0.25) is 19.7 Å². The van der Waals surface area contributed by atoms with Crippen LogP contribution in [0, 0.1) is 15.9 Å². The Morgan fingerprint density at radius 3 is 2.18 bits per heavy atom. The summed E-state index contributed by atoms with van der Waals surface area (Å²) >= 11 is 0. The molecule has 0 unspecified atom stereocenters. The quantitative estimate of drug-likeness (QED) is 0.462. The van der Waals surface area contributed by atoms with Gasteiger partial charge in [0.2, 0.25) is 0 Å². The molecule has 0 aliphatic heterocycles. The Morgan fingerprint density at radius 2 is 1.82 bits per heavy atom. The van der Waals surface area contributed by atoms with Crippen molar-refractivity contribution in [3.63, 3.8) is 0 Å². The first-order chi connectivity index (χ1) is 7.84. The van der Waals surface area contributed by atoms with Crippen LogP contribution in [0.2, 0.25) is 0 Å². The number of hydrogen-bond donors (Lipinski definition) is 2. The summed E-state index contributed by atoms with van der Waals surface area (Å²) in [5.74, 6) is -6.82. The molecule has 17 heavy (non-hydrogen) atoms. The number of carboxylic acid groups (broad SMARTS) is 2. The summed E-state index contributed by atoms with van der Waals surface area (Å²) in [4.78, 5) is 30.7. The fraction of sp³-hybridized carbons (Fsp3) is 0.111. The van der Waals surface area contributed by atoms with Crippen molar-refractivity contribution in [3.8, 4) is 0 Å². The lowest BCUT2D eigenvalue weighted by atomic mass is 9.98. The largest absolute Gasteiger partial charge is 0.480 e. The van der Waals surface area contributed by atoms with E-state index in [2.05, 4.69) is 0 Å². The van der Waals surface area contributed by atoms with Crippen LogP contribution in [-0.4, -0.2) is 27.1 Å². The second kappa shape index (κ2) is 4.56. The molecule has 0 saturated heterocycles. The average molecular weight is 243 g/mol. The molecule has 0 aromatic heterocycles. The molecule has 2 N–H and O–H groups in total. The normalized spacial score (nSPS) is 10.2. The molecule has 0 aliphatic rings. The predicted octanol–water partition coefficient (Wildman–Crippen LogP) is 0.987. The van der Waals surface area contributed by atoms with Crippen LogP contribution in [-0.2, 0) is 9.59 Å². The van der Waals surface area contributed by atoms with E-state index in [9.17, 15) is 24.1 Å².